The lowest BCUT2D eigenvalue weighted by Gasteiger charge is -2.26. The normalized spacial score (nSPS) is 14.4. The maximum atomic E-state index is 12.0. The quantitative estimate of drug-likeness (QED) is 0.627. The van der Waals surface area contributed by atoms with Gasteiger partial charge >= 0.3 is 0 Å². The van der Waals surface area contributed by atoms with Crippen molar-refractivity contribution >= 4 is 10.0 Å². The van der Waals surface area contributed by atoms with Crippen molar-refractivity contribution in [2.75, 3.05) is 6.61 Å². The van der Waals surface area contributed by atoms with Gasteiger partial charge in [-0.3, -0.25) is 0 Å². The van der Waals surface area contributed by atoms with E-state index in [4.69, 9.17) is 9.56 Å². The van der Waals surface area contributed by atoms with Gasteiger partial charge in [0.2, 0.25) is 10.0 Å². The van der Waals surface area contributed by atoms with Crippen LogP contribution in [0.1, 0.15) is 62.2 Å². The minimum absolute atomic E-state index is 0.0687. The Balaban J connectivity index is 2.37. The van der Waals surface area contributed by atoms with Gasteiger partial charge < -0.3 is 9.52 Å². The van der Waals surface area contributed by atoms with Crippen LogP contribution in [0.2, 0.25) is 0 Å². The summed E-state index contributed by atoms with van der Waals surface area (Å²) in [6.45, 7) is 1.98. The molecule has 0 spiro atoms. The lowest BCUT2D eigenvalue weighted by Crippen LogP contribution is -2.21. The molecule has 1 aromatic heterocycles. The molecule has 0 fully saturated rings. The summed E-state index contributed by atoms with van der Waals surface area (Å²) in [6.07, 6.45) is 6.81. The molecule has 2 aromatic rings. The molecule has 0 aliphatic carbocycles. The molecule has 6 heteroatoms. The van der Waals surface area contributed by atoms with Crippen LogP contribution >= 0.6 is 0 Å². The molecule has 3 N–H and O–H groups in total. The first-order valence-electron chi connectivity index (χ1n) is 8.75. The highest BCUT2D eigenvalue weighted by molar-refractivity contribution is 7.89. The van der Waals surface area contributed by atoms with Crippen molar-refractivity contribution in [1.29, 1.82) is 0 Å². The fraction of sp³-hybridized carbons (Fsp3) is 0.474. The Kier molecular flexibility index (Phi) is 7.23. The van der Waals surface area contributed by atoms with Crippen molar-refractivity contribution in [2.24, 2.45) is 5.14 Å². The topological polar surface area (TPSA) is 93.5 Å². The molecule has 0 aliphatic rings. The van der Waals surface area contributed by atoms with Crippen LogP contribution in [0.25, 0.3) is 0 Å². The third-order valence-corrected chi connectivity index (χ3v) is 5.57. The number of sulfonamides is 1. The Hall–Kier alpha value is -1.63. The average Bonchev–Trinajstić information content (AvgIpc) is 3.11. The number of furan rings is 1. The van der Waals surface area contributed by atoms with Gasteiger partial charge in [0.05, 0.1) is 17.8 Å². The van der Waals surface area contributed by atoms with Crippen LogP contribution in [0.5, 0.6) is 0 Å². The third-order valence-electron chi connectivity index (χ3n) is 4.58. The zero-order valence-corrected chi connectivity index (χ0v) is 15.4. The largest absolute Gasteiger partial charge is 0.469 e. The van der Waals surface area contributed by atoms with Crippen molar-refractivity contribution in [3.8, 4) is 0 Å². The zero-order valence-electron chi connectivity index (χ0n) is 14.6. The number of unbranched alkanes of at least 4 members (excludes halogenated alkanes) is 3. The highest BCUT2D eigenvalue weighted by atomic mass is 32.2. The Morgan fingerprint density at radius 1 is 1.08 bits per heavy atom. The smallest absolute Gasteiger partial charge is 0.238 e. The van der Waals surface area contributed by atoms with Crippen molar-refractivity contribution in [1.82, 2.24) is 0 Å². The number of primary sulfonamides is 1. The van der Waals surface area contributed by atoms with Gasteiger partial charge in [-0.05, 0) is 30.2 Å². The van der Waals surface area contributed by atoms with E-state index in [1.54, 1.807) is 24.5 Å². The number of aliphatic hydroxyl groups is 1. The summed E-state index contributed by atoms with van der Waals surface area (Å²) in [6, 6.07) is 10.3. The number of hydrogen-bond donors (Lipinski definition) is 2. The van der Waals surface area contributed by atoms with Crippen LogP contribution < -0.4 is 5.14 Å². The minimum Gasteiger partial charge on any atom is -0.469 e. The lowest BCUT2D eigenvalue weighted by atomic mass is 9.81. The predicted octanol–water partition coefficient (Wildman–Crippen LogP) is 3.76. The van der Waals surface area contributed by atoms with E-state index in [9.17, 15) is 13.5 Å². The lowest BCUT2D eigenvalue weighted by molar-refractivity contribution is 0.230. The average molecular weight is 365 g/mol. The van der Waals surface area contributed by atoms with Gasteiger partial charge in [-0.2, -0.15) is 0 Å². The van der Waals surface area contributed by atoms with Gasteiger partial charge in [-0.15, -0.1) is 0 Å². The van der Waals surface area contributed by atoms with E-state index in [2.05, 4.69) is 6.92 Å². The molecule has 0 amide bonds. The number of rotatable bonds is 10. The molecular weight excluding hydrogens is 338 g/mol. The zero-order chi connectivity index (χ0) is 18.3. The number of benzene rings is 1. The Bertz CT molecular complexity index is 741. The van der Waals surface area contributed by atoms with E-state index < -0.39 is 10.0 Å². The molecular formula is C19H27NO4S. The summed E-state index contributed by atoms with van der Waals surface area (Å²) in [5, 5.41) is 15.4. The molecule has 1 heterocycles. The number of hydrogen-bond acceptors (Lipinski definition) is 4. The molecule has 0 radical (unpaired) electrons. The van der Waals surface area contributed by atoms with Crippen LogP contribution in [-0.4, -0.2) is 20.1 Å². The first-order valence-corrected chi connectivity index (χ1v) is 10.3. The van der Waals surface area contributed by atoms with Crippen LogP contribution in [0.15, 0.2) is 52.0 Å². The van der Waals surface area contributed by atoms with Gasteiger partial charge in [-0.1, -0.05) is 50.8 Å². The van der Waals surface area contributed by atoms with Crippen molar-refractivity contribution in [3.05, 3.63) is 54.0 Å². The predicted molar refractivity (Wildman–Crippen MR) is 97.9 cm³/mol. The Labute approximate surface area is 149 Å². The molecule has 5 nitrogen and oxygen atoms in total. The highest BCUT2D eigenvalue weighted by Crippen LogP contribution is 2.39. The second-order valence-corrected chi connectivity index (χ2v) is 7.87. The molecule has 138 valence electrons. The first kappa shape index (κ1) is 19.7. The summed E-state index contributed by atoms with van der Waals surface area (Å²) in [4.78, 5) is 0.0687. The second kappa shape index (κ2) is 9.17. The van der Waals surface area contributed by atoms with Gasteiger partial charge in [-0.25, -0.2) is 13.6 Å². The van der Waals surface area contributed by atoms with Crippen LogP contribution in [0.3, 0.4) is 0 Å². The van der Waals surface area contributed by atoms with Crippen LogP contribution in [-0.2, 0) is 10.0 Å². The Morgan fingerprint density at radius 3 is 2.44 bits per heavy atom. The maximum Gasteiger partial charge on any atom is 0.238 e. The van der Waals surface area contributed by atoms with Gasteiger partial charge in [0.15, 0.2) is 0 Å². The number of aliphatic hydroxyl groups excluding tert-OH is 1. The molecule has 2 atom stereocenters. The summed E-state index contributed by atoms with van der Waals surface area (Å²) in [5.74, 6) is 0.279. The van der Waals surface area contributed by atoms with Gasteiger partial charge in [0.1, 0.15) is 5.76 Å². The van der Waals surface area contributed by atoms with E-state index in [0.29, 0.717) is 5.56 Å². The first-order chi connectivity index (χ1) is 12.0. The fourth-order valence-electron chi connectivity index (χ4n) is 3.32. The molecule has 0 aliphatic heterocycles. The van der Waals surface area contributed by atoms with E-state index >= 15 is 0 Å². The molecule has 1 aromatic carbocycles. The SMILES string of the molecule is CCCCCC[C@@H](c1ccco1)[C@H](CO)c1ccccc1S(N)(=O)=O. The molecule has 0 unspecified atom stereocenters. The highest BCUT2D eigenvalue weighted by Gasteiger charge is 2.30. The second-order valence-electron chi connectivity index (χ2n) is 6.34. The summed E-state index contributed by atoms with van der Waals surface area (Å²) >= 11 is 0. The Morgan fingerprint density at radius 2 is 1.84 bits per heavy atom. The van der Waals surface area contributed by atoms with Crippen LogP contribution in [0.4, 0.5) is 0 Å². The monoisotopic (exact) mass is 365 g/mol. The molecule has 2 rings (SSSR count). The minimum atomic E-state index is -3.86. The summed E-state index contributed by atoms with van der Waals surface area (Å²) in [5.41, 5.74) is 0.546. The molecule has 25 heavy (non-hydrogen) atoms. The van der Waals surface area contributed by atoms with Gasteiger partial charge in [0.25, 0.3) is 0 Å². The van der Waals surface area contributed by atoms with Crippen LogP contribution in [0, 0.1) is 0 Å². The fourth-order valence-corrected chi connectivity index (χ4v) is 4.14. The maximum absolute atomic E-state index is 12.0. The number of nitrogens with two attached hydrogens (primary N) is 1. The van der Waals surface area contributed by atoms with E-state index in [0.717, 1.165) is 37.9 Å². The van der Waals surface area contributed by atoms with Crippen molar-refractivity contribution in [2.45, 2.75) is 55.8 Å². The molecule has 0 saturated carbocycles. The summed E-state index contributed by atoms with van der Waals surface area (Å²) < 4.78 is 29.5. The standard InChI is InChI=1S/C19H27NO4S/c1-2-3-4-5-9-15(18-11-8-13-24-18)17(14-21)16-10-6-7-12-19(16)25(20,22)23/h6-8,10-13,15,17,21H,2-5,9,14H2,1H3,(H2,20,22,23)/t15-,17+/m1/s1. The van der Waals surface area contributed by atoms with E-state index in [1.807, 2.05) is 12.1 Å². The third kappa shape index (κ3) is 5.17. The van der Waals surface area contributed by atoms with Gasteiger partial charge in [0, 0.05) is 11.8 Å². The van der Waals surface area contributed by atoms with E-state index in [-0.39, 0.29) is 23.3 Å². The molecule has 0 saturated heterocycles. The summed E-state index contributed by atoms with van der Waals surface area (Å²) in [7, 11) is -3.86. The van der Waals surface area contributed by atoms with Crippen molar-refractivity contribution < 1.29 is 17.9 Å². The molecule has 0 bridgehead atoms. The van der Waals surface area contributed by atoms with E-state index in [1.165, 1.54) is 6.07 Å². The van der Waals surface area contributed by atoms with Crippen molar-refractivity contribution in [3.63, 3.8) is 0 Å².